The molecular formula is C18H12N2OS. The number of nitrogens with zero attached hydrogens (tertiary/aromatic N) is 2. The number of carbonyl (C=O) groups excluding carboxylic acids is 1. The minimum atomic E-state index is -0.187. The molecule has 2 aromatic rings. The van der Waals surface area contributed by atoms with Gasteiger partial charge >= 0.3 is 0 Å². The van der Waals surface area contributed by atoms with Crippen molar-refractivity contribution in [1.82, 2.24) is 4.90 Å². The van der Waals surface area contributed by atoms with E-state index in [0.717, 1.165) is 22.0 Å². The number of hydrogen-bond donors (Lipinski definition) is 0. The smallest absolute Gasteiger partial charge is 0.283 e. The van der Waals surface area contributed by atoms with Gasteiger partial charge in [-0.3, -0.25) is 9.69 Å². The highest BCUT2D eigenvalue weighted by atomic mass is 32.2. The maximum absolute atomic E-state index is 12.2. The third kappa shape index (κ3) is 2.18. The Labute approximate surface area is 132 Å². The first-order valence-electron chi connectivity index (χ1n) is 6.95. The van der Waals surface area contributed by atoms with Crippen molar-refractivity contribution in [3.63, 3.8) is 0 Å². The molecule has 22 heavy (non-hydrogen) atoms. The fourth-order valence-corrected chi connectivity index (χ4v) is 3.40. The van der Waals surface area contributed by atoms with Gasteiger partial charge in [-0.25, -0.2) is 0 Å². The first-order chi connectivity index (χ1) is 10.8. The van der Waals surface area contributed by atoms with E-state index in [-0.39, 0.29) is 5.91 Å². The molecule has 2 heterocycles. The SMILES string of the molecule is O=C1N=C2SC=C(c3ccccc3)N2/C1=C/c1ccccc1. The molecule has 4 rings (SSSR count). The first kappa shape index (κ1) is 13.1. The van der Waals surface area contributed by atoms with Crippen LogP contribution in [-0.2, 0) is 4.79 Å². The van der Waals surface area contributed by atoms with Crippen molar-refractivity contribution in [2.45, 2.75) is 0 Å². The van der Waals surface area contributed by atoms with Gasteiger partial charge in [-0.2, -0.15) is 4.99 Å². The Bertz CT molecular complexity index is 823. The van der Waals surface area contributed by atoms with E-state index in [1.54, 1.807) is 0 Å². The van der Waals surface area contributed by atoms with Crippen LogP contribution >= 0.6 is 11.8 Å². The number of fused-ring (bicyclic) bond motifs is 1. The predicted molar refractivity (Wildman–Crippen MR) is 90.7 cm³/mol. The molecule has 2 aromatic carbocycles. The molecule has 0 aromatic heterocycles. The molecule has 0 aliphatic carbocycles. The van der Waals surface area contributed by atoms with E-state index in [2.05, 4.69) is 4.99 Å². The van der Waals surface area contributed by atoms with Crippen LogP contribution in [0.5, 0.6) is 0 Å². The molecule has 0 saturated heterocycles. The fraction of sp³-hybridized carbons (Fsp3) is 0. The summed E-state index contributed by atoms with van der Waals surface area (Å²) in [4.78, 5) is 18.3. The molecule has 2 aliphatic heterocycles. The lowest BCUT2D eigenvalue weighted by atomic mass is 10.1. The highest BCUT2D eigenvalue weighted by Gasteiger charge is 2.36. The third-order valence-electron chi connectivity index (χ3n) is 3.54. The molecule has 0 bridgehead atoms. The average Bonchev–Trinajstić information content (AvgIpc) is 3.09. The molecule has 1 amide bonds. The highest BCUT2D eigenvalue weighted by Crippen LogP contribution is 2.40. The fourth-order valence-electron chi connectivity index (χ4n) is 2.51. The maximum Gasteiger partial charge on any atom is 0.296 e. The molecule has 2 aliphatic rings. The lowest BCUT2D eigenvalue weighted by molar-refractivity contribution is -0.114. The van der Waals surface area contributed by atoms with Gasteiger partial charge in [0.1, 0.15) is 5.70 Å². The number of amidine groups is 1. The first-order valence-corrected chi connectivity index (χ1v) is 7.83. The summed E-state index contributed by atoms with van der Waals surface area (Å²) in [5.41, 5.74) is 3.67. The summed E-state index contributed by atoms with van der Waals surface area (Å²) in [6.45, 7) is 0. The van der Waals surface area contributed by atoms with Crippen LogP contribution in [0.3, 0.4) is 0 Å². The Morgan fingerprint density at radius 3 is 2.36 bits per heavy atom. The number of amides is 1. The number of thioether (sulfide) groups is 1. The van der Waals surface area contributed by atoms with Crippen LogP contribution in [0, 0.1) is 0 Å². The Hall–Kier alpha value is -2.59. The summed E-state index contributed by atoms with van der Waals surface area (Å²) in [7, 11) is 0. The Morgan fingerprint density at radius 1 is 0.955 bits per heavy atom. The van der Waals surface area contributed by atoms with E-state index in [0.29, 0.717) is 5.70 Å². The van der Waals surface area contributed by atoms with Gasteiger partial charge in [-0.1, -0.05) is 72.4 Å². The van der Waals surface area contributed by atoms with Crippen LogP contribution in [-0.4, -0.2) is 16.0 Å². The largest absolute Gasteiger partial charge is 0.296 e. The van der Waals surface area contributed by atoms with Crippen LogP contribution in [0.2, 0.25) is 0 Å². The zero-order chi connectivity index (χ0) is 14.9. The minimum Gasteiger partial charge on any atom is -0.283 e. The summed E-state index contributed by atoms with van der Waals surface area (Å²) in [6, 6.07) is 19.9. The molecule has 0 saturated carbocycles. The standard InChI is InChI=1S/C18H12N2OS/c21-17-15(11-13-7-3-1-4-8-13)20-16(12-22-18(20)19-17)14-9-5-2-6-10-14/h1-12H/b15-11+. The topological polar surface area (TPSA) is 32.7 Å². The van der Waals surface area contributed by atoms with Crippen LogP contribution in [0.1, 0.15) is 11.1 Å². The van der Waals surface area contributed by atoms with Gasteiger partial charge in [-0.05, 0) is 17.2 Å². The Morgan fingerprint density at radius 2 is 1.64 bits per heavy atom. The quantitative estimate of drug-likeness (QED) is 0.787. The molecule has 0 fully saturated rings. The minimum absolute atomic E-state index is 0.187. The Balaban J connectivity index is 1.76. The van der Waals surface area contributed by atoms with Crippen LogP contribution in [0.4, 0.5) is 0 Å². The van der Waals surface area contributed by atoms with Gasteiger partial charge in [0, 0.05) is 5.41 Å². The van der Waals surface area contributed by atoms with Gasteiger partial charge in [0.05, 0.1) is 5.70 Å². The van der Waals surface area contributed by atoms with Crippen LogP contribution in [0.15, 0.2) is 76.8 Å². The number of benzene rings is 2. The van der Waals surface area contributed by atoms with Crippen molar-refractivity contribution in [2.75, 3.05) is 0 Å². The zero-order valence-electron chi connectivity index (χ0n) is 11.6. The van der Waals surface area contributed by atoms with Crippen molar-refractivity contribution in [3.05, 3.63) is 82.9 Å². The summed E-state index contributed by atoms with van der Waals surface area (Å²) in [5, 5.41) is 2.77. The van der Waals surface area contributed by atoms with E-state index < -0.39 is 0 Å². The lowest BCUT2D eigenvalue weighted by Crippen LogP contribution is -2.19. The van der Waals surface area contributed by atoms with Crippen molar-refractivity contribution < 1.29 is 4.79 Å². The number of rotatable bonds is 2. The van der Waals surface area contributed by atoms with Crippen LogP contribution in [0.25, 0.3) is 11.8 Å². The normalized spacial score (nSPS) is 18.5. The van der Waals surface area contributed by atoms with Gasteiger partial charge in [-0.15, -0.1) is 0 Å². The van der Waals surface area contributed by atoms with E-state index in [9.17, 15) is 4.79 Å². The van der Waals surface area contributed by atoms with Crippen LogP contribution < -0.4 is 0 Å². The number of hydrogen-bond acceptors (Lipinski definition) is 3. The number of carbonyl (C=O) groups is 1. The molecule has 106 valence electrons. The molecular weight excluding hydrogens is 292 g/mol. The van der Waals surface area contributed by atoms with Gasteiger partial charge in [0.2, 0.25) is 0 Å². The second-order valence-electron chi connectivity index (χ2n) is 4.96. The Kier molecular flexibility index (Phi) is 3.16. The molecule has 0 atom stereocenters. The highest BCUT2D eigenvalue weighted by molar-refractivity contribution is 8.17. The lowest BCUT2D eigenvalue weighted by Gasteiger charge is -2.18. The average molecular weight is 304 g/mol. The van der Waals surface area contributed by atoms with Crippen molar-refractivity contribution in [3.8, 4) is 0 Å². The molecule has 4 heteroatoms. The second-order valence-corrected chi connectivity index (χ2v) is 5.80. The molecule has 0 unspecified atom stereocenters. The van der Waals surface area contributed by atoms with E-state index in [1.807, 2.05) is 77.0 Å². The monoisotopic (exact) mass is 304 g/mol. The summed E-state index contributed by atoms with van der Waals surface area (Å²) in [5.74, 6) is -0.187. The molecule has 0 radical (unpaired) electrons. The maximum atomic E-state index is 12.2. The van der Waals surface area contributed by atoms with Crippen molar-refractivity contribution in [2.24, 2.45) is 4.99 Å². The van der Waals surface area contributed by atoms with Crippen molar-refractivity contribution >= 4 is 34.6 Å². The number of aliphatic imine (C=N–C) groups is 1. The van der Waals surface area contributed by atoms with Gasteiger partial charge in [0.15, 0.2) is 5.17 Å². The van der Waals surface area contributed by atoms with E-state index >= 15 is 0 Å². The van der Waals surface area contributed by atoms with E-state index in [1.165, 1.54) is 11.8 Å². The summed E-state index contributed by atoms with van der Waals surface area (Å²) >= 11 is 1.49. The van der Waals surface area contributed by atoms with E-state index in [4.69, 9.17) is 0 Å². The second kappa shape index (κ2) is 5.31. The van der Waals surface area contributed by atoms with Gasteiger partial charge < -0.3 is 0 Å². The molecule has 0 N–H and O–H groups in total. The van der Waals surface area contributed by atoms with Gasteiger partial charge in [0.25, 0.3) is 5.91 Å². The molecule has 0 spiro atoms. The summed E-state index contributed by atoms with van der Waals surface area (Å²) < 4.78 is 0. The predicted octanol–water partition coefficient (Wildman–Crippen LogP) is 3.97. The third-order valence-corrected chi connectivity index (χ3v) is 4.36. The molecule has 3 nitrogen and oxygen atoms in total. The summed E-state index contributed by atoms with van der Waals surface area (Å²) in [6.07, 6.45) is 1.89. The zero-order valence-corrected chi connectivity index (χ0v) is 12.5. The van der Waals surface area contributed by atoms with Crippen molar-refractivity contribution in [1.29, 1.82) is 0 Å².